The number of aromatic nitrogens is 2. The molecule has 0 bridgehead atoms. The fraction of sp³-hybridized carbons (Fsp3) is 0.421. The summed E-state index contributed by atoms with van der Waals surface area (Å²) in [5.74, 6) is -0.0459. The summed E-state index contributed by atoms with van der Waals surface area (Å²) < 4.78 is 6.74. The van der Waals surface area contributed by atoms with Crippen LogP contribution in [-0.2, 0) is 4.74 Å². The number of carbonyl (C=O) groups excluding carboxylic acids is 2. The van der Waals surface area contributed by atoms with Crippen LogP contribution in [0.1, 0.15) is 32.6 Å². The molecule has 1 saturated heterocycles. The third-order valence-electron chi connectivity index (χ3n) is 5.38. The smallest absolute Gasteiger partial charge is 0.271 e. The summed E-state index contributed by atoms with van der Waals surface area (Å²) in [6.45, 7) is 0.998. The molecule has 1 aromatic carbocycles. The molecule has 1 aliphatic carbocycles. The molecule has 3 atom stereocenters. The lowest BCUT2D eigenvalue weighted by Crippen LogP contribution is -2.33. The molecule has 2 amide bonds. The van der Waals surface area contributed by atoms with Gasteiger partial charge in [0.1, 0.15) is 11.7 Å². The first-order chi connectivity index (χ1) is 13.5. The molecule has 0 radical (unpaired) electrons. The Morgan fingerprint density at radius 2 is 2.07 bits per heavy atom. The molecule has 3 unspecified atom stereocenters. The first-order valence-corrected chi connectivity index (χ1v) is 9.47. The molecular weight excluding hydrogens is 384 g/mol. The molecule has 1 saturated carbocycles. The average Bonchev–Trinajstić information content (AvgIpc) is 3.08. The fourth-order valence-corrected chi connectivity index (χ4v) is 3.96. The number of rotatable bonds is 6. The molecule has 28 heavy (non-hydrogen) atoms. The van der Waals surface area contributed by atoms with E-state index < -0.39 is 11.9 Å². The largest absolute Gasteiger partial charge is 0.394 e. The summed E-state index contributed by atoms with van der Waals surface area (Å²) in [5, 5.41) is 20.3. The minimum Gasteiger partial charge on any atom is -0.394 e. The number of ether oxygens (including phenoxy) is 1. The van der Waals surface area contributed by atoms with Gasteiger partial charge in [-0.2, -0.15) is 5.10 Å². The molecule has 8 nitrogen and oxygen atoms in total. The number of halogens is 1. The number of amides is 2. The SMILES string of the molecule is CNC(=O)c1cc(C(=O)NC2C3COCC32)n(C(CO)c2cccc(Cl)c2)n1. The van der Waals surface area contributed by atoms with Crippen molar-refractivity contribution >= 4 is 23.4 Å². The van der Waals surface area contributed by atoms with Gasteiger partial charge in [0.2, 0.25) is 0 Å². The van der Waals surface area contributed by atoms with Crippen LogP contribution in [0.2, 0.25) is 5.02 Å². The van der Waals surface area contributed by atoms with Crippen LogP contribution in [-0.4, -0.2) is 59.6 Å². The van der Waals surface area contributed by atoms with Crippen LogP contribution in [0, 0.1) is 11.8 Å². The fourth-order valence-electron chi connectivity index (χ4n) is 3.76. The van der Waals surface area contributed by atoms with E-state index in [4.69, 9.17) is 16.3 Å². The number of aliphatic hydroxyl groups excluding tert-OH is 1. The first-order valence-electron chi connectivity index (χ1n) is 9.10. The number of benzene rings is 1. The molecule has 2 aliphatic rings. The molecular formula is C19H21ClN4O4. The van der Waals surface area contributed by atoms with Crippen LogP contribution in [0.15, 0.2) is 30.3 Å². The highest BCUT2D eigenvalue weighted by atomic mass is 35.5. The Labute approximate surface area is 166 Å². The lowest BCUT2D eigenvalue weighted by molar-refractivity contribution is 0.0912. The molecule has 9 heteroatoms. The van der Waals surface area contributed by atoms with Crippen molar-refractivity contribution in [2.75, 3.05) is 26.9 Å². The third-order valence-corrected chi connectivity index (χ3v) is 5.61. The summed E-state index contributed by atoms with van der Waals surface area (Å²) in [6.07, 6.45) is 0. The summed E-state index contributed by atoms with van der Waals surface area (Å²) >= 11 is 6.08. The van der Waals surface area contributed by atoms with Crippen molar-refractivity contribution in [3.05, 3.63) is 52.3 Å². The van der Waals surface area contributed by atoms with Crippen molar-refractivity contribution in [1.82, 2.24) is 20.4 Å². The first kappa shape index (κ1) is 18.9. The third kappa shape index (κ3) is 3.39. The van der Waals surface area contributed by atoms with Crippen LogP contribution in [0.4, 0.5) is 0 Å². The standard InChI is InChI=1S/C19H21ClN4O4/c1-21-18(26)14-6-15(19(27)22-17-12-8-28-9-13(12)17)24(23-14)16(7-25)10-3-2-4-11(20)5-10/h2-6,12-13,16-17,25H,7-9H2,1H3,(H,21,26)(H,22,27). The van der Waals surface area contributed by atoms with Gasteiger partial charge >= 0.3 is 0 Å². The summed E-state index contributed by atoms with van der Waals surface area (Å²) in [6, 6.07) is 7.84. The van der Waals surface area contributed by atoms with E-state index in [1.807, 2.05) is 0 Å². The number of nitrogens with zero attached hydrogens (tertiary/aromatic N) is 2. The number of hydrogen-bond acceptors (Lipinski definition) is 5. The van der Waals surface area contributed by atoms with Crippen molar-refractivity contribution < 1.29 is 19.4 Å². The minimum absolute atomic E-state index is 0.0757. The van der Waals surface area contributed by atoms with Crippen LogP contribution in [0.3, 0.4) is 0 Å². The van der Waals surface area contributed by atoms with E-state index in [1.165, 1.54) is 17.8 Å². The zero-order valence-electron chi connectivity index (χ0n) is 15.3. The molecule has 3 N–H and O–H groups in total. The average molecular weight is 405 g/mol. The predicted octanol–water partition coefficient (Wildman–Crippen LogP) is 0.852. The Morgan fingerprint density at radius 3 is 2.71 bits per heavy atom. The van der Waals surface area contributed by atoms with Crippen molar-refractivity contribution in [3.8, 4) is 0 Å². The van der Waals surface area contributed by atoms with Gasteiger partial charge in [0.25, 0.3) is 11.8 Å². The molecule has 1 aliphatic heterocycles. The number of nitrogens with one attached hydrogen (secondary N) is 2. The highest BCUT2D eigenvalue weighted by Gasteiger charge is 2.55. The molecule has 4 rings (SSSR count). The van der Waals surface area contributed by atoms with Gasteiger partial charge in [-0.25, -0.2) is 4.68 Å². The van der Waals surface area contributed by atoms with Crippen LogP contribution < -0.4 is 10.6 Å². The molecule has 2 heterocycles. The topological polar surface area (TPSA) is 105 Å². The number of aliphatic hydroxyl groups is 1. The van der Waals surface area contributed by atoms with Gasteiger partial charge in [-0.05, 0) is 17.7 Å². The second-order valence-electron chi connectivity index (χ2n) is 7.06. The highest BCUT2D eigenvalue weighted by Crippen LogP contribution is 2.44. The summed E-state index contributed by atoms with van der Waals surface area (Å²) in [4.78, 5) is 25.0. The van der Waals surface area contributed by atoms with Crippen molar-refractivity contribution in [2.45, 2.75) is 12.1 Å². The number of hydrogen-bond donors (Lipinski definition) is 3. The van der Waals surface area contributed by atoms with Crippen LogP contribution >= 0.6 is 11.6 Å². The molecule has 0 spiro atoms. The molecule has 2 aromatic rings. The number of fused-ring (bicyclic) bond motifs is 1. The lowest BCUT2D eigenvalue weighted by atomic mass is 10.1. The van der Waals surface area contributed by atoms with E-state index in [0.29, 0.717) is 35.6 Å². The van der Waals surface area contributed by atoms with E-state index >= 15 is 0 Å². The van der Waals surface area contributed by atoms with Gasteiger partial charge < -0.3 is 20.5 Å². The van der Waals surface area contributed by atoms with Gasteiger partial charge in [-0.3, -0.25) is 9.59 Å². The zero-order valence-corrected chi connectivity index (χ0v) is 16.0. The van der Waals surface area contributed by atoms with E-state index in [2.05, 4.69) is 15.7 Å². The normalized spacial score (nSPS) is 23.8. The second-order valence-corrected chi connectivity index (χ2v) is 7.49. The Bertz CT molecular complexity index is 905. The van der Waals surface area contributed by atoms with Crippen molar-refractivity contribution in [2.24, 2.45) is 11.8 Å². The zero-order chi connectivity index (χ0) is 19.8. The van der Waals surface area contributed by atoms with E-state index in [9.17, 15) is 14.7 Å². The molecule has 1 aromatic heterocycles. The Hall–Kier alpha value is -2.42. The van der Waals surface area contributed by atoms with Gasteiger partial charge in [0.15, 0.2) is 5.69 Å². The van der Waals surface area contributed by atoms with Crippen molar-refractivity contribution in [1.29, 1.82) is 0 Å². The summed E-state index contributed by atoms with van der Waals surface area (Å²) in [5.41, 5.74) is 1.00. The summed E-state index contributed by atoms with van der Waals surface area (Å²) in [7, 11) is 1.49. The van der Waals surface area contributed by atoms with Crippen LogP contribution in [0.5, 0.6) is 0 Å². The monoisotopic (exact) mass is 404 g/mol. The Kier molecular flexibility index (Phi) is 5.09. The molecule has 2 fully saturated rings. The lowest BCUT2D eigenvalue weighted by Gasteiger charge is -2.18. The minimum atomic E-state index is -0.653. The molecule has 148 valence electrons. The maximum absolute atomic E-state index is 12.9. The second kappa shape index (κ2) is 7.54. The van der Waals surface area contributed by atoms with Gasteiger partial charge in [-0.15, -0.1) is 0 Å². The van der Waals surface area contributed by atoms with Gasteiger partial charge in [0, 0.05) is 36.0 Å². The Balaban J connectivity index is 1.67. The Morgan fingerprint density at radius 1 is 1.32 bits per heavy atom. The maximum atomic E-state index is 12.9. The maximum Gasteiger partial charge on any atom is 0.271 e. The highest BCUT2D eigenvalue weighted by molar-refractivity contribution is 6.30. The van der Waals surface area contributed by atoms with E-state index in [1.54, 1.807) is 24.3 Å². The number of carbonyl (C=O) groups is 2. The van der Waals surface area contributed by atoms with Gasteiger partial charge in [0.05, 0.1) is 19.8 Å². The van der Waals surface area contributed by atoms with E-state index in [-0.39, 0.29) is 29.9 Å². The quantitative estimate of drug-likeness (QED) is 0.662. The van der Waals surface area contributed by atoms with E-state index in [0.717, 1.165) is 0 Å². The van der Waals surface area contributed by atoms with Crippen molar-refractivity contribution in [3.63, 3.8) is 0 Å². The predicted molar refractivity (Wildman–Crippen MR) is 101 cm³/mol. The van der Waals surface area contributed by atoms with Crippen LogP contribution in [0.25, 0.3) is 0 Å². The van der Waals surface area contributed by atoms with Gasteiger partial charge in [-0.1, -0.05) is 23.7 Å².